The summed E-state index contributed by atoms with van der Waals surface area (Å²) in [5, 5.41) is 3.22. The molecule has 1 nitrogen and oxygen atoms in total. The molecule has 0 aliphatic rings. The van der Waals surface area contributed by atoms with Crippen molar-refractivity contribution in [3.05, 3.63) is 69.2 Å². The topological polar surface area (TPSA) is 12.0 Å². The molecule has 2 aromatic carbocycles. The van der Waals surface area contributed by atoms with Gasteiger partial charge in [-0.3, -0.25) is 0 Å². The van der Waals surface area contributed by atoms with Crippen LogP contribution in [-0.2, 0) is 6.42 Å². The van der Waals surface area contributed by atoms with Gasteiger partial charge >= 0.3 is 0 Å². The summed E-state index contributed by atoms with van der Waals surface area (Å²) in [5.41, 5.74) is 2.99. The van der Waals surface area contributed by atoms with Crippen LogP contribution >= 0.6 is 15.9 Å². The molecule has 4 heteroatoms. The molecule has 0 fully saturated rings. The zero-order valence-electron chi connectivity index (χ0n) is 11.4. The molecule has 1 unspecified atom stereocenters. The third kappa shape index (κ3) is 3.44. The Balaban J connectivity index is 2.26. The minimum absolute atomic E-state index is 0.0519. The Bertz CT molecular complexity index is 613. The van der Waals surface area contributed by atoms with Crippen molar-refractivity contribution in [1.29, 1.82) is 0 Å². The monoisotopic (exact) mass is 339 g/mol. The summed E-state index contributed by atoms with van der Waals surface area (Å²) in [7, 11) is 1.86. The SMILES string of the molecule is CNC(Cc1ccc(F)cc1C)c1ccc(F)c(Br)c1. The highest BCUT2D eigenvalue weighted by molar-refractivity contribution is 9.10. The number of benzene rings is 2. The Labute approximate surface area is 126 Å². The number of nitrogens with one attached hydrogen (secondary N) is 1. The normalized spacial score (nSPS) is 12.4. The number of hydrogen-bond donors (Lipinski definition) is 1. The van der Waals surface area contributed by atoms with Gasteiger partial charge in [-0.2, -0.15) is 0 Å². The van der Waals surface area contributed by atoms with E-state index in [1.54, 1.807) is 18.2 Å². The summed E-state index contributed by atoms with van der Waals surface area (Å²) in [4.78, 5) is 0. The summed E-state index contributed by atoms with van der Waals surface area (Å²) in [6, 6.07) is 9.83. The fourth-order valence-corrected chi connectivity index (χ4v) is 2.62. The summed E-state index contributed by atoms with van der Waals surface area (Å²) >= 11 is 3.20. The highest BCUT2D eigenvalue weighted by Gasteiger charge is 2.13. The van der Waals surface area contributed by atoms with Gasteiger partial charge in [-0.15, -0.1) is 0 Å². The fourth-order valence-electron chi connectivity index (χ4n) is 2.22. The van der Waals surface area contributed by atoms with E-state index in [1.165, 1.54) is 18.2 Å². The van der Waals surface area contributed by atoms with Crippen LogP contribution in [0.25, 0.3) is 0 Å². The molecule has 0 bridgehead atoms. The van der Waals surface area contributed by atoms with E-state index in [1.807, 2.05) is 14.0 Å². The van der Waals surface area contributed by atoms with Gasteiger partial charge in [0.05, 0.1) is 4.47 Å². The van der Waals surface area contributed by atoms with E-state index in [-0.39, 0.29) is 17.7 Å². The molecule has 0 heterocycles. The molecular weight excluding hydrogens is 324 g/mol. The summed E-state index contributed by atoms with van der Waals surface area (Å²) in [6.07, 6.45) is 0.723. The summed E-state index contributed by atoms with van der Waals surface area (Å²) in [6.45, 7) is 1.89. The van der Waals surface area contributed by atoms with Gasteiger partial charge in [-0.1, -0.05) is 12.1 Å². The molecule has 0 saturated heterocycles. The van der Waals surface area contributed by atoms with Gasteiger partial charge in [0.25, 0.3) is 0 Å². The van der Waals surface area contributed by atoms with Crippen LogP contribution in [0.5, 0.6) is 0 Å². The van der Waals surface area contributed by atoms with E-state index >= 15 is 0 Å². The predicted molar refractivity (Wildman–Crippen MR) is 80.7 cm³/mol. The molecule has 0 aliphatic heterocycles. The second-order valence-corrected chi connectivity index (χ2v) is 5.64. The van der Waals surface area contributed by atoms with Gasteiger partial charge in [0, 0.05) is 6.04 Å². The van der Waals surface area contributed by atoms with Crippen LogP contribution in [0, 0.1) is 18.6 Å². The smallest absolute Gasteiger partial charge is 0.137 e. The third-order valence-electron chi connectivity index (χ3n) is 3.42. The Kier molecular flexibility index (Phi) is 4.89. The van der Waals surface area contributed by atoms with Crippen LogP contribution in [0.15, 0.2) is 40.9 Å². The Morgan fingerprint density at radius 3 is 2.50 bits per heavy atom. The van der Waals surface area contributed by atoms with Crippen molar-refractivity contribution >= 4 is 15.9 Å². The van der Waals surface area contributed by atoms with Gasteiger partial charge in [-0.05, 0) is 77.3 Å². The van der Waals surface area contributed by atoms with Gasteiger partial charge in [0.15, 0.2) is 0 Å². The van der Waals surface area contributed by atoms with Crippen LogP contribution in [0.1, 0.15) is 22.7 Å². The van der Waals surface area contributed by atoms with Crippen LogP contribution < -0.4 is 5.32 Å². The largest absolute Gasteiger partial charge is 0.313 e. The second-order valence-electron chi connectivity index (χ2n) is 4.79. The molecule has 106 valence electrons. The lowest BCUT2D eigenvalue weighted by atomic mass is 9.96. The standard InChI is InChI=1S/C16H16BrF2N/c1-10-7-13(18)5-3-11(10)9-16(20-2)12-4-6-15(19)14(17)8-12/h3-8,16,20H,9H2,1-2H3. The quantitative estimate of drug-likeness (QED) is 0.862. The van der Waals surface area contributed by atoms with Crippen LogP contribution in [0.4, 0.5) is 8.78 Å². The summed E-state index contributed by atoms with van der Waals surface area (Å²) < 4.78 is 26.9. The minimum atomic E-state index is -0.276. The first-order valence-electron chi connectivity index (χ1n) is 6.38. The first-order valence-corrected chi connectivity index (χ1v) is 7.18. The van der Waals surface area contributed by atoms with Crippen molar-refractivity contribution in [3.63, 3.8) is 0 Å². The third-order valence-corrected chi connectivity index (χ3v) is 4.03. The number of aryl methyl sites for hydroxylation is 1. The fraction of sp³-hybridized carbons (Fsp3) is 0.250. The highest BCUT2D eigenvalue weighted by atomic mass is 79.9. The second kappa shape index (κ2) is 6.46. The summed E-state index contributed by atoms with van der Waals surface area (Å²) in [5.74, 6) is -0.502. The molecule has 0 saturated carbocycles. The van der Waals surface area contributed by atoms with E-state index in [0.29, 0.717) is 4.47 Å². The molecular formula is C16H16BrF2N. The maximum atomic E-state index is 13.3. The van der Waals surface area contributed by atoms with Crippen molar-refractivity contribution < 1.29 is 8.78 Å². The van der Waals surface area contributed by atoms with Crippen molar-refractivity contribution in [3.8, 4) is 0 Å². The molecule has 0 radical (unpaired) electrons. The van der Waals surface area contributed by atoms with E-state index in [9.17, 15) is 8.78 Å². The molecule has 0 spiro atoms. The average Bonchev–Trinajstić information content (AvgIpc) is 2.41. The predicted octanol–water partition coefficient (Wildman–Crippen LogP) is 4.54. The molecule has 1 atom stereocenters. The van der Waals surface area contributed by atoms with E-state index in [0.717, 1.165) is 23.1 Å². The van der Waals surface area contributed by atoms with Crippen LogP contribution in [-0.4, -0.2) is 7.05 Å². The molecule has 1 N–H and O–H groups in total. The van der Waals surface area contributed by atoms with Gasteiger partial charge < -0.3 is 5.32 Å². The van der Waals surface area contributed by atoms with Crippen molar-refractivity contribution in [1.82, 2.24) is 5.32 Å². The van der Waals surface area contributed by atoms with Gasteiger partial charge in [0.1, 0.15) is 11.6 Å². The van der Waals surface area contributed by atoms with Crippen LogP contribution in [0.2, 0.25) is 0 Å². The van der Waals surface area contributed by atoms with Gasteiger partial charge in [-0.25, -0.2) is 8.78 Å². The van der Waals surface area contributed by atoms with Gasteiger partial charge in [0.2, 0.25) is 0 Å². The Morgan fingerprint density at radius 2 is 1.90 bits per heavy atom. The van der Waals surface area contributed by atoms with E-state index in [2.05, 4.69) is 21.2 Å². The Hall–Kier alpha value is -1.26. The zero-order chi connectivity index (χ0) is 14.7. The maximum Gasteiger partial charge on any atom is 0.137 e. The maximum absolute atomic E-state index is 13.3. The van der Waals surface area contributed by atoms with Crippen LogP contribution in [0.3, 0.4) is 0 Å². The number of halogens is 3. The lowest BCUT2D eigenvalue weighted by Gasteiger charge is -2.18. The first kappa shape index (κ1) is 15.1. The molecule has 0 aromatic heterocycles. The molecule has 2 rings (SSSR count). The molecule has 2 aromatic rings. The number of hydrogen-bond acceptors (Lipinski definition) is 1. The number of likely N-dealkylation sites (N-methyl/N-ethyl adjacent to an activating group) is 1. The first-order chi connectivity index (χ1) is 9.51. The Morgan fingerprint density at radius 1 is 1.15 bits per heavy atom. The van der Waals surface area contributed by atoms with E-state index in [4.69, 9.17) is 0 Å². The number of rotatable bonds is 4. The minimum Gasteiger partial charge on any atom is -0.313 e. The lowest BCUT2D eigenvalue weighted by Crippen LogP contribution is -2.19. The lowest BCUT2D eigenvalue weighted by molar-refractivity contribution is 0.580. The molecule has 0 amide bonds. The highest BCUT2D eigenvalue weighted by Crippen LogP contribution is 2.25. The molecule has 0 aliphatic carbocycles. The van der Waals surface area contributed by atoms with E-state index < -0.39 is 0 Å². The molecule has 20 heavy (non-hydrogen) atoms. The van der Waals surface area contributed by atoms with Crippen molar-refractivity contribution in [2.45, 2.75) is 19.4 Å². The average molecular weight is 340 g/mol. The van der Waals surface area contributed by atoms with Crippen molar-refractivity contribution in [2.75, 3.05) is 7.05 Å². The van der Waals surface area contributed by atoms with Crippen molar-refractivity contribution in [2.24, 2.45) is 0 Å². The zero-order valence-corrected chi connectivity index (χ0v) is 13.0.